The van der Waals surface area contributed by atoms with Crippen molar-refractivity contribution in [1.82, 2.24) is 19.5 Å². The summed E-state index contributed by atoms with van der Waals surface area (Å²) < 4.78 is 6.34. The van der Waals surface area contributed by atoms with E-state index >= 15 is 0 Å². The maximum absolute atomic E-state index is 11.5. The van der Waals surface area contributed by atoms with Gasteiger partial charge in [-0.3, -0.25) is 9.78 Å². The molecule has 17 heavy (non-hydrogen) atoms. The van der Waals surface area contributed by atoms with Crippen LogP contribution < -0.4 is 11.3 Å². The molecule has 0 aliphatic rings. The van der Waals surface area contributed by atoms with Crippen LogP contribution in [0.4, 0.5) is 5.95 Å². The molecule has 2 rings (SSSR count). The summed E-state index contributed by atoms with van der Waals surface area (Å²) in [5, 5.41) is 9.58. The molecule has 8 nitrogen and oxygen atoms in total. The van der Waals surface area contributed by atoms with Crippen LogP contribution in [0.3, 0.4) is 0 Å². The summed E-state index contributed by atoms with van der Waals surface area (Å²) in [6.07, 6.45) is 0.397. The van der Waals surface area contributed by atoms with Crippen molar-refractivity contribution in [1.29, 1.82) is 0 Å². The van der Waals surface area contributed by atoms with E-state index in [1.807, 2.05) is 0 Å². The van der Waals surface area contributed by atoms with Crippen molar-refractivity contribution < 1.29 is 9.84 Å². The Bertz CT molecular complexity index is 590. The lowest BCUT2D eigenvalue weighted by Crippen LogP contribution is -2.23. The predicted molar refractivity (Wildman–Crippen MR) is 60.3 cm³/mol. The van der Waals surface area contributed by atoms with Crippen LogP contribution in [-0.4, -0.2) is 38.0 Å². The highest BCUT2D eigenvalue weighted by molar-refractivity contribution is 5.70. The van der Waals surface area contributed by atoms with Crippen LogP contribution in [0, 0.1) is 0 Å². The van der Waals surface area contributed by atoms with E-state index in [4.69, 9.17) is 10.5 Å². The van der Waals surface area contributed by atoms with E-state index in [0.717, 1.165) is 0 Å². The molecule has 0 saturated heterocycles. The molecule has 0 bridgehead atoms. The second-order valence-electron chi connectivity index (χ2n) is 3.64. The molecule has 2 aromatic heterocycles. The highest BCUT2D eigenvalue weighted by atomic mass is 16.6. The standard InChI is InChI=1S/C9H13N5O3/c1-4(8(16)17-2)14-3-11-5-6(14)12-9(10)13-7(5)15/h3-4,8,16H,1-2H3,(H3,10,12,13,15). The summed E-state index contributed by atoms with van der Waals surface area (Å²) in [6.45, 7) is 1.72. The summed E-state index contributed by atoms with van der Waals surface area (Å²) >= 11 is 0. The van der Waals surface area contributed by atoms with Crippen molar-refractivity contribution in [2.45, 2.75) is 19.3 Å². The van der Waals surface area contributed by atoms with Crippen LogP contribution in [0.5, 0.6) is 0 Å². The van der Waals surface area contributed by atoms with Gasteiger partial charge in [-0.2, -0.15) is 4.98 Å². The van der Waals surface area contributed by atoms with Gasteiger partial charge in [0.1, 0.15) is 0 Å². The van der Waals surface area contributed by atoms with Crippen molar-refractivity contribution in [3.8, 4) is 0 Å². The molecule has 2 heterocycles. The number of methoxy groups -OCH3 is 1. The van der Waals surface area contributed by atoms with Gasteiger partial charge in [0.15, 0.2) is 17.5 Å². The zero-order valence-corrected chi connectivity index (χ0v) is 9.41. The third-order valence-corrected chi connectivity index (χ3v) is 2.54. The summed E-state index contributed by atoms with van der Waals surface area (Å²) in [4.78, 5) is 21.8. The molecule has 2 atom stereocenters. The zero-order valence-electron chi connectivity index (χ0n) is 9.41. The van der Waals surface area contributed by atoms with Gasteiger partial charge in [-0.25, -0.2) is 4.98 Å². The Balaban J connectivity index is 2.60. The Morgan fingerprint density at radius 1 is 1.65 bits per heavy atom. The molecule has 0 spiro atoms. The minimum atomic E-state index is -1.02. The van der Waals surface area contributed by atoms with E-state index in [9.17, 15) is 9.90 Å². The molecule has 2 aromatic rings. The van der Waals surface area contributed by atoms with E-state index in [1.165, 1.54) is 18.0 Å². The van der Waals surface area contributed by atoms with Gasteiger partial charge in [-0.15, -0.1) is 0 Å². The van der Waals surface area contributed by atoms with Crippen molar-refractivity contribution in [2.75, 3.05) is 12.8 Å². The Labute approximate surface area is 96.1 Å². The molecule has 0 aliphatic carbocycles. The molecule has 0 aromatic carbocycles. The maximum atomic E-state index is 11.5. The number of nitrogen functional groups attached to an aromatic ring is 1. The summed E-state index contributed by atoms with van der Waals surface area (Å²) in [7, 11) is 1.38. The molecular formula is C9H13N5O3. The average Bonchev–Trinajstić information content (AvgIpc) is 2.70. The molecule has 0 amide bonds. The van der Waals surface area contributed by atoms with Crippen molar-refractivity contribution in [3.63, 3.8) is 0 Å². The number of ether oxygens (including phenoxy) is 1. The first kappa shape index (κ1) is 11.6. The number of fused-ring (bicyclic) bond motifs is 1. The van der Waals surface area contributed by atoms with E-state index in [-0.39, 0.29) is 11.5 Å². The molecule has 0 fully saturated rings. The summed E-state index contributed by atoms with van der Waals surface area (Å²) in [6, 6.07) is -0.432. The van der Waals surface area contributed by atoms with Gasteiger partial charge in [0.05, 0.1) is 12.4 Å². The van der Waals surface area contributed by atoms with E-state index in [1.54, 1.807) is 6.92 Å². The largest absolute Gasteiger partial charge is 0.369 e. The first-order chi connectivity index (χ1) is 8.04. The lowest BCUT2D eigenvalue weighted by Gasteiger charge is -2.18. The molecule has 4 N–H and O–H groups in total. The molecule has 0 saturated carbocycles. The summed E-state index contributed by atoms with van der Waals surface area (Å²) in [5.41, 5.74) is 5.54. The fourth-order valence-corrected chi connectivity index (χ4v) is 1.58. The van der Waals surface area contributed by atoms with Gasteiger partial charge in [0.25, 0.3) is 5.56 Å². The third-order valence-electron chi connectivity index (χ3n) is 2.54. The number of H-pyrrole nitrogens is 1. The number of hydrogen-bond acceptors (Lipinski definition) is 6. The van der Waals surface area contributed by atoms with Gasteiger partial charge in [0.2, 0.25) is 5.95 Å². The highest BCUT2D eigenvalue weighted by Gasteiger charge is 2.19. The Hall–Kier alpha value is -1.93. The van der Waals surface area contributed by atoms with E-state index < -0.39 is 17.9 Å². The Morgan fingerprint density at radius 3 is 3.00 bits per heavy atom. The highest BCUT2D eigenvalue weighted by Crippen LogP contribution is 2.16. The molecule has 8 heteroatoms. The fourth-order valence-electron chi connectivity index (χ4n) is 1.58. The van der Waals surface area contributed by atoms with E-state index in [2.05, 4.69) is 15.0 Å². The lowest BCUT2D eigenvalue weighted by atomic mass is 10.3. The van der Waals surface area contributed by atoms with Gasteiger partial charge < -0.3 is 20.1 Å². The van der Waals surface area contributed by atoms with Crippen molar-refractivity contribution in [3.05, 3.63) is 16.7 Å². The number of anilines is 1. The number of aliphatic hydroxyl groups excluding tert-OH is 1. The smallest absolute Gasteiger partial charge is 0.280 e. The van der Waals surface area contributed by atoms with Gasteiger partial charge >= 0.3 is 0 Å². The number of nitrogens with zero attached hydrogens (tertiary/aromatic N) is 3. The van der Waals surface area contributed by atoms with Crippen LogP contribution in [0.2, 0.25) is 0 Å². The molecular weight excluding hydrogens is 226 g/mol. The van der Waals surface area contributed by atoms with Gasteiger partial charge in [-0.1, -0.05) is 0 Å². The van der Waals surface area contributed by atoms with Crippen LogP contribution >= 0.6 is 0 Å². The SMILES string of the molecule is COC(O)C(C)n1cnc2c(=O)[nH]c(N)nc21. The van der Waals surface area contributed by atoms with Crippen LogP contribution in [0.25, 0.3) is 11.2 Å². The van der Waals surface area contributed by atoms with Crippen LogP contribution in [0.1, 0.15) is 13.0 Å². The van der Waals surface area contributed by atoms with E-state index in [0.29, 0.717) is 5.65 Å². The zero-order chi connectivity index (χ0) is 12.6. The Kier molecular flexibility index (Phi) is 2.82. The topological polar surface area (TPSA) is 119 Å². The number of hydrogen-bond donors (Lipinski definition) is 3. The number of imidazole rings is 1. The quantitative estimate of drug-likeness (QED) is 0.605. The normalized spacial score (nSPS) is 15.0. The van der Waals surface area contributed by atoms with Gasteiger partial charge in [0, 0.05) is 7.11 Å². The second kappa shape index (κ2) is 4.15. The first-order valence-electron chi connectivity index (χ1n) is 4.97. The van der Waals surface area contributed by atoms with Crippen LogP contribution in [-0.2, 0) is 4.74 Å². The number of aromatic nitrogens is 4. The molecule has 0 radical (unpaired) electrons. The minimum absolute atomic E-state index is 0.00311. The fraction of sp³-hybridized carbons (Fsp3) is 0.444. The second-order valence-corrected chi connectivity index (χ2v) is 3.64. The molecule has 92 valence electrons. The molecule has 2 unspecified atom stereocenters. The van der Waals surface area contributed by atoms with Crippen molar-refractivity contribution in [2.24, 2.45) is 0 Å². The number of aliphatic hydroxyl groups is 1. The molecule has 0 aliphatic heterocycles. The lowest BCUT2D eigenvalue weighted by molar-refractivity contribution is -0.102. The monoisotopic (exact) mass is 239 g/mol. The number of nitrogens with one attached hydrogen (secondary N) is 1. The third kappa shape index (κ3) is 1.87. The number of nitrogens with two attached hydrogens (primary N) is 1. The first-order valence-corrected chi connectivity index (χ1v) is 4.97. The van der Waals surface area contributed by atoms with Crippen molar-refractivity contribution >= 4 is 17.1 Å². The average molecular weight is 239 g/mol. The number of aromatic amines is 1. The maximum Gasteiger partial charge on any atom is 0.280 e. The van der Waals surface area contributed by atoms with Gasteiger partial charge in [-0.05, 0) is 6.92 Å². The Morgan fingerprint density at radius 2 is 2.35 bits per heavy atom. The van der Waals surface area contributed by atoms with Crippen LogP contribution in [0.15, 0.2) is 11.1 Å². The minimum Gasteiger partial charge on any atom is -0.369 e. The summed E-state index contributed by atoms with van der Waals surface area (Å²) in [5.74, 6) is 0.00311. The number of rotatable bonds is 3. The predicted octanol–water partition coefficient (Wildman–Crippen LogP) is -0.772.